The van der Waals surface area contributed by atoms with Crippen molar-refractivity contribution in [1.82, 2.24) is 25.2 Å². The highest BCUT2D eigenvalue weighted by Crippen LogP contribution is 2.10. The Hall–Kier alpha value is -2.54. The van der Waals surface area contributed by atoms with E-state index in [4.69, 9.17) is 0 Å². The van der Waals surface area contributed by atoms with Gasteiger partial charge >= 0.3 is 0 Å². The number of rotatable bonds is 9. The number of pyridine rings is 1. The minimum absolute atomic E-state index is 0.162. The zero-order valence-electron chi connectivity index (χ0n) is 15.1. The van der Waals surface area contributed by atoms with Gasteiger partial charge in [-0.15, -0.1) is 0 Å². The summed E-state index contributed by atoms with van der Waals surface area (Å²) in [6.07, 6.45) is 6.81. The van der Waals surface area contributed by atoms with Crippen LogP contribution in [0.15, 0.2) is 36.9 Å². The molecule has 2 heterocycles. The standard InChI is InChI=1S/C18H26N6O/c1-23(2)11-4-8-20-18(25)16-13-17(22-14-21-16)24(3)12-7-15-5-9-19-10-6-15/h5-6,9-10,13-14H,4,7-8,11-12H2,1-3H3,(H,20,25). The Morgan fingerprint density at radius 2 is 1.88 bits per heavy atom. The molecule has 1 amide bonds. The first-order chi connectivity index (χ1) is 12.1. The van der Waals surface area contributed by atoms with Crippen LogP contribution < -0.4 is 10.2 Å². The van der Waals surface area contributed by atoms with E-state index in [1.165, 1.54) is 11.9 Å². The Labute approximate surface area is 149 Å². The average Bonchev–Trinajstić information content (AvgIpc) is 2.64. The maximum absolute atomic E-state index is 12.2. The Morgan fingerprint density at radius 1 is 1.12 bits per heavy atom. The number of amides is 1. The van der Waals surface area contributed by atoms with E-state index < -0.39 is 0 Å². The number of carbonyl (C=O) groups excluding carboxylic acids is 1. The number of carbonyl (C=O) groups is 1. The maximum atomic E-state index is 12.2. The van der Waals surface area contributed by atoms with Gasteiger partial charge in [-0.3, -0.25) is 9.78 Å². The molecule has 0 saturated carbocycles. The van der Waals surface area contributed by atoms with Crippen LogP contribution in [0.5, 0.6) is 0 Å². The molecule has 7 nitrogen and oxygen atoms in total. The molecule has 0 saturated heterocycles. The van der Waals surface area contributed by atoms with Crippen LogP contribution in [0.3, 0.4) is 0 Å². The van der Waals surface area contributed by atoms with Gasteiger partial charge in [0.05, 0.1) is 0 Å². The lowest BCUT2D eigenvalue weighted by Crippen LogP contribution is -2.28. The smallest absolute Gasteiger partial charge is 0.270 e. The predicted molar refractivity (Wildman–Crippen MR) is 98.7 cm³/mol. The van der Waals surface area contributed by atoms with Gasteiger partial charge in [-0.05, 0) is 51.2 Å². The fourth-order valence-corrected chi connectivity index (χ4v) is 2.33. The van der Waals surface area contributed by atoms with Crippen LogP contribution in [0.1, 0.15) is 22.5 Å². The van der Waals surface area contributed by atoms with Gasteiger partial charge in [-0.25, -0.2) is 9.97 Å². The highest BCUT2D eigenvalue weighted by Gasteiger charge is 2.10. The lowest BCUT2D eigenvalue weighted by atomic mass is 10.2. The van der Waals surface area contributed by atoms with Gasteiger partial charge < -0.3 is 15.1 Å². The Morgan fingerprint density at radius 3 is 2.60 bits per heavy atom. The summed E-state index contributed by atoms with van der Waals surface area (Å²) in [7, 11) is 5.99. The molecule has 2 aromatic rings. The molecular weight excluding hydrogens is 316 g/mol. The van der Waals surface area contributed by atoms with Crippen molar-refractivity contribution in [3.05, 3.63) is 48.2 Å². The molecule has 0 radical (unpaired) electrons. The summed E-state index contributed by atoms with van der Waals surface area (Å²) in [5, 5.41) is 2.90. The number of hydrogen-bond donors (Lipinski definition) is 1. The third-order valence-electron chi connectivity index (χ3n) is 3.83. The second-order valence-electron chi connectivity index (χ2n) is 6.20. The molecule has 0 bridgehead atoms. The number of nitrogens with one attached hydrogen (secondary N) is 1. The van der Waals surface area contributed by atoms with Crippen LogP contribution in [0, 0.1) is 0 Å². The first kappa shape index (κ1) is 18.8. The number of hydrogen-bond acceptors (Lipinski definition) is 6. The van der Waals surface area contributed by atoms with E-state index in [9.17, 15) is 4.79 Å². The SMILES string of the molecule is CN(C)CCCNC(=O)c1cc(N(C)CCc2ccncc2)ncn1. The molecule has 0 aliphatic rings. The van der Waals surface area contributed by atoms with Gasteiger partial charge in [-0.1, -0.05) is 0 Å². The second kappa shape index (κ2) is 9.68. The fraction of sp³-hybridized carbons (Fsp3) is 0.444. The van der Waals surface area contributed by atoms with Crippen LogP contribution in [0.2, 0.25) is 0 Å². The summed E-state index contributed by atoms with van der Waals surface area (Å²) >= 11 is 0. The minimum Gasteiger partial charge on any atom is -0.359 e. The van der Waals surface area contributed by atoms with Crippen LogP contribution in [0.25, 0.3) is 0 Å². The first-order valence-corrected chi connectivity index (χ1v) is 8.41. The van der Waals surface area contributed by atoms with E-state index in [0.717, 1.165) is 31.7 Å². The average molecular weight is 342 g/mol. The van der Waals surface area contributed by atoms with Crippen molar-refractivity contribution in [2.24, 2.45) is 0 Å². The van der Waals surface area contributed by atoms with Gasteiger partial charge in [0.15, 0.2) is 0 Å². The molecule has 0 unspecified atom stereocenters. The lowest BCUT2D eigenvalue weighted by Gasteiger charge is -2.18. The molecule has 0 atom stereocenters. The van der Waals surface area contributed by atoms with Gasteiger partial charge in [-0.2, -0.15) is 0 Å². The Bertz CT molecular complexity index is 662. The molecule has 0 spiro atoms. The molecule has 25 heavy (non-hydrogen) atoms. The topological polar surface area (TPSA) is 74.2 Å². The molecular formula is C18H26N6O. The first-order valence-electron chi connectivity index (χ1n) is 8.41. The van der Waals surface area contributed by atoms with Crippen LogP contribution >= 0.6 is 0 Å². The van der Waals surface area contributed by atoms with Crippen molar-refractivity contribution in [3.8, 4) is 0 Å². The summed E-state index contributed by atoms with van der Waals surface area (Å²) in [5.74, 6) is 0.576. The summed E-state index contributed by atoms with van der Waals surface area (Å²) in [4.78, 5) is 28.7. The molecule has 1 N–H and O–H groups in total. The number of nitrogens with zero attached hydrogens (tertiary/aromatic N) is 5. The van der Waals surface area contributed by atoms with Gasteiger partial charge in [0.1, 0.15) is 17.8 Å². The van der Waals surface area contributed by atoms with Crippen LogP contribution in [-0.4, -0.2) is 66.5 Å². The summed E-state index contributed by atoms with van der Waals surface area (Å²) in [6, 6.07) is 5.73. The van der Waals surface area contributed by atoms with Crippen molar-refractivity contribution < 1.29 is 4.79 Å². The van der Waals surface area contributed by atoms with Crippen molar-refractivity contribution in [3.63, 3.8) is 0 Å². The summed E-state index contributed by atoms with van der Waals surface area (Å²) in [5.41, 5.74) is 1.61. The number of likely N-dealkylation sites (N-methyl/N-ethyl adjacent to an activating group) is 1. The number of aromatic nitrogens is 3. The zero-order chi connectivity index (χ0) is 18.1. The zero-order valence-corrected chi connectivity index (χ0v) is 15.1. The highest BCUT2D eigenvalue weighted by atomic mass is 16.1. The van der Waals surface area contributed by atoms with E-state index in [0.29, 0.717) is 12.2 Å². The molecule has 7 heteroatoms. The third kappa shape index (κ3) is 6.46. The normalized spacial score (nSPS) is 10.7. The third-order valence-corrected chi connectivity index (χ3v) is 3.83. The minimum atomic E-state index is -0.162. The van der Waals surface area contributed by atoms with Crippen LogP contribution in [-0.2, 0) is 6.42 Å². The second-order valence-corrected chi connectivity index (χ2v) is 6.20. The van der Waals surface area contributed by atoms with Crippen molar-refractivity contribution >= 4 is 11.7 Å². The molecule has 0 aliphatic carbocycles. The lowest BCUT2D eigenvalue weighted by molar-refractivity contribution is 0.0947. The quantitative estimate of drug-likeness (QED) is 0.691. The van der Waals surface area contributed by atoms with E-state index in [1.54, 1.807) is 18.5 Å². The molecule has 0 aliphatic heterocycles. The monoisotopic (exact) mass is 342 g/mol. The van der Waals surface area contributed by atoms with Gasteiger partial charge in [0.25, 0.3) is 5.91 Å². The Balaban J connectivity index is 1.87. The number of anilines is 1. The molecule has 2 aromatic heterocycles. The molecule has 2 rings (SSSR count). The highest BCUT2D eigenvalue weighted by molar-refractivity contribution is 5.92. The van der Waals surface area contributed by atoms with E-state index in [1.807, 2.05) is 38.2 Å². The summed E-state index contributed by atoms with van der Waals surface area (Å²) in [6.45, 7) is 2.37. The fourth-order valence-electron chi connectivity index (χ4n) is 2.33. The van der Waals surface area contributed by atoms with Gasteiger partial charge in [0, 0.05) is 38.6 Å². The van der Waals surface area contributed by atoms with Crippen molar-refractivity contribution in [2.45, 2.75) is 12.8 Å². The van der Waals surface area contributed by atoms with E-state index >= 15 is 0 Å². The summed E-state index contributed by atoms with van der Waals surface area (Å²) < 4.78 is 0. The van der Waals surface area contributed by atoms with Gasteiger partial charge in [0.2, 0.25) is 0 Å². The molecule has 134 valence electrons. The van der Waals surface area contributed by atoms with Crippen molar-refractivity contribution in [1.29, 1.82) is 0 Å². The van der Waals surface area contributed by atoms with E-state index in [-0.39, 0.29) is 5.91 Å². The molecule has 0 fully saturated rings. The largest absolute Gasteiger partial charge is 0.359 e. The van der Waals surface area contributed by atoms with E-state index in [2.05, 4.69) is 25.2 Å². The van der Waals surface area contributed by atoms with Crippen LogP contribution in [0.4, 0.5) is 5.82 Å². The predicted octanol–water partition coefficient (Wildman–Crippen LogP) is 1.23. The van der Waals surface area contributed by atoms with Crippen molar-refractivity contribution in [2.75, 3.05) is 45.7 Å². The maximum Gasteiger partial charge on any atom is 0.270 e. The Kier molecular flexibility index (Phi) is 7.28. The molecule has 0 aromatic carbocycles.